The maximum absolute atomic E-state index is 12.3. The number of hydrogen-bond donors (Lipinski definition) is 1. The van der Waals surface area contributed by atoms with Crippen LogP contribution in [-0.2, 0) is 9.59 Å². The molecule has 2 heterocycles. The minimum absolute atomic E-state index is 0.00294. The Morgan fingerprint density at radius 2 is 1.73 bits per heavy atom. The first-order chi connectivity index (χ1) is 12.6. The average molecular weight is 370 g/mol. The number of nitrogens with zero attached hydrogens (tertiary/aromatic N) is 1. The first kappa shape index (κ1) is 18.3. The smallest absolute Gasteiger partial charge is 0.227 e. The lowest BCUT2D eigenvalue weighted by Crippen LogP contribution is -2.41. The molecule has 0 saturated carbocycles. The normalized spacial score (nSPS) is 14.8. The zero-order valence-corrected chi connectivity index (χ0v) is 15.3. The number of para-hydroxylation sites is 1. The van der Waals surface area contributed by atoms with Gasteiger partial charge in [-0.3, -0.25) is 14.4 Å². The fraction of sp³-hybridized carbons (Fsp3) is 0.350. The molecular weight excluding hydrogens is 348 g/mol. The Kier molecular flexibility index (Phi) is 6.17. The van der Waals surface area contributed by atoms with Crippen LogP contribution in [0.15, 0.2) is 47.8 Å². The number of amides is 2. The fourth-order valence-corrected chi connectivity index (χ4v) is 3.79. The van der Waals surface area contributed by atoms with Gasteiger partial charge in [0, 0.05) is 37.5 Å². The second kappa shape index (κ2) is 8.76. The Labute approximate surface area is 157 Å². The second-order valence-corrected chi connectivity index (χ2v) is 7.36. The summed E-state index contributed by atoms with van der Waals surface area (Å²) in [6, 6.07) is 13.0. The molecule has 2 aromatic rings. The lowest BCUT2D eigenvalue weighted by Gasteiger charge is -2.31. The highest BCUT2D eigenvalue weighted by atomic mass is 32.1. The van der Waals surface area contributed by atoms with Crippen molar-refractivity contribution in [3.05, 3.63) is 52.7 Å². The van der Waals surface area contributed by atoms with Gasteiger partial charge in [-0.05, 0) is 36.4 Å². The van der Waals surface area contributed by atoms with Crippen LogP contribution in [0.4, 0.5) is 5.69 Å². The number of Topliss-reactive ketones (excluding diaryl/α,β-unsaturated/α-hetero) is 1. The van der Waals surface area contributed by atoms with Gasteiger partial charge in [0.1, 0.15) is 0 Å². The molecule has 1 aromatic carbocycles. The summed E-state index contributed by atoms with van der Waals surface area (Å²) in [4.78, 5) is 39.1. The summed E-state index contributed by atoms with van der Waals surface area (Å²) in [7, 11) is 0. The molecule has 1 aromatic heterocycles. The van der Waals surface area contributed by atoms with E-state index in [4.69, 9.17) is 0 Å². The quantitative estimate of drug-likeness (QED) is 0.790. The van der Waals surface area contributed by atoms with E-state index in [9.17, 15) is 14.4 Å². The van der Waals surface area contributed by atoms with Gasteiger partial charge in [-0.1, -0.05) is 24.3 Å². The van der Waals surface area contributed by atoms with Gasteiger partial charge in [-0.15, -0.1) is 11.3 Å². The van der Waals surface area contributed by atoms with Gasteiger partial charge in [0.05, 0.1) is 4.88 Å². The molecule has 1 aliphatic heterocycles. The van der Waals surface area contributed by atoms with E-state index in [1.165, 1.54) is 11.3 Å². The highest BCUT2D eigenvalue weighted by Crippen LogP contribution is 2.21. The average Bonchev–Trinajstić information content (AvgIpc) is 3.21. The number of thiophene rings is 1. The number of benzene rings is 1. The van der Waals surface area contributed by atoms with E-state index in [1.807, 2.05) is 41.8 Å². The molecule has 0 bridgehead atoms. The molecule has 1 saturated heterocycles. The van der Waals surface area contributed by atoms with Gasteiger partial charge < -0.3 is 10.2 Å². The van der Waals surface area contributed by atoms with Crippen LogP contribution < -0.4 is 5.32 Å². The van der Waals surface area contributed by atoms with Crippen molar-refractivity contribution >= 4 is 34.6 Å². The van der Waals surface area contributed by atoms with Crippen molar-refractivity contribution in [1.82, 2.24) is 4.90 Å². The summed E-state index contributed by atoms with van der Waals surface area (Å²) in [6.07, 6.45) is 1.79. The summed E-state index contributed by atoms with van der Waals surface area (Å²) >= 11 is 1.40. The molecule has 26 heavy (non-hydrogen) atoms. The van der Waals surface area contributed by atoms with Crippen LogP contribution in [0.5, 0.6) is 0 Å². The van der Waals surface area contributed by atoms with Crippen LogP contribution in [-0.4, -0.2) is 35.6 Å². The molecule has 0 spiro atoms. The number of anilines is 1. The zero-order chi connectivity index (χ0) is 18.4. The predicted molar refractivity (Wildman–Crippen MR) is 102 cm³/mol. The molecule has 1 fully saturated rings. The molecule has 0 unspecified atom stereocenters. The summed E-state index contributed by atoms with van der Waals surface area (Å²) in [5.41, 5.74) is 0.795. The predicted octanol–water partition coefficient (Wildman–Crippen LogP) is 3.59. The molecule has 1 N–H and O–H groups in total. The Bertz CT molecular complexity index is 751. The lowest BCUT2D eigenvalue weighted by molar-refractivity contribution is -0.134. The SMILES string of the molecule is O=C(CCC(=O)N1CCC(C(=O)Nc2ccccc2)CC1)c1cccs1. The number of likely N-dealkylation sites (tertiary alicyclic amines) is 1. The molecule has 1 aliphatic rings. The van der Waals surface area contributed by atoms with Crippen LogP contribution in [0.1, 0.15) is 35.4 Å². The minimum Gasteiger partial charge on any atom is -0.343 e. The Balaban J connectivity index is 1.42. The summed E-state index contributed by atoms with van der Waals surface area (Å²) in [5.74, 6) is -0.0505. The van der Waals surface area contributed by atoms with Crippen molar-refractivity contribution in [2.75, 3.05) is 18.4 Å². The Morgan fingerprint density at radius 1 is 1.00 bits per heavy atom. The molecular formula is C20H22N2O3S. The molecule has 136 valence electrons. The number of rotatable bonds is 6. The monoisotopic (exact) mass is 370 g/mol. The molecule has 6 heteroatoms. The number of hydrogen-bond acceptors (Lipinski definition) is 4. The highest BCUT2D eigenvalue weighted by Gasteiger charge is 2.27. The molecule has 5 nitrogen and oxygen atoms in total. The largest absolute Gasteiger partial charge is 0.343 e. The van der Waals surface area contributed by atoms with Gasteiger partial charge in [-0.25, -0.2) is 0 Å². The van der Waals surface area contributed by atoms with Crippen molar-refractivity contribution < 1.29 is 14.4 Å². The van der Waals surface area contributed by atoms with Gasteiger partial charge in [0.15, 0.2) is 5.78 Å². The number of carbonyl (C=O) groups excluding carboxylic acids is 3. The Hall–Kier alpha value is -2.47. The summed E-state index contributed by atoms with van der Waals surface area (Å²) in [5, 5.41) is 4.79. The maximum atomic E-state index is 12.3. The van der Waals surface area contributed by atoms with Gasteiger partial charge >= 0.3 is 0 Å². The number of nitrogens with one attached hydrogen (secondary N) is 1. The van der Waals surface area contributed by atoms with E-state index in [2.05, 4.69) is 5.32 Å². The highest BCUT2D eigenvalue weighted by molar-refractivity contribution is 7.12. The lowest BCUT2D eigenvalue weighted by atomic mass is 9.95. The topological polar surface area (TPSA) is 66.5 Å². The Morgan fingerprint density at radius 3 is 2.38 bits per heavy atom. The van der Waals surface area contributed by atoms with Crippen LogP contribution in [0.3, 0.4) is 0 Å². The van der Waals surface area contributed by atoms with Gasteiger partial charge in [0.2, 0.25) is 11.8 Å². The second-order valence-electron chi connectivity index (χ2n) is 6.41. The van der Waals surface area contributed by atoms with E-state index in [0.717, 1.165) is 5.69 Å². The summed E-state index contributed by atoms with van der Waals surface area (Å²) < 4.78 is 0. The zero-order valence-electron chi connectivity index (χ0n) is 14.5. The van der Waals surface area contributed by atoms with Crippen molar-refractivity contribution in [1.29, 1.82) is 0 Å². The third-order valence-electron chi connectivity index (χ3n) is 4.62. The van der Waals surface area contributed by atoms with E-state index in [-0.39, 0.29) is 36.4 Å². The number of ketones is 1. The first-order valence-corrected chi connectivity index (χ1v) is 9.72. The van der Waals surface area contributed by atoms with E-state index < -0.39 is 0 Å². The van der Waals surface area contributed by atoms with E-state index in [0.29, 0.717) is 30.8 Å². The summed E-state index contributed by atoms with van der Waals surface area (Å²) in [6.45, 7) is 1.14. The number of carbonyl (C=O) groups is 3. The van der Waals surface area contributed by atoms with Crippen LogP contribution in [0, 0.1) is 5.92 Å². The minimum atomic E-state index is -0.0768. The molecule has 2 amide bonds. The van der Waals surface area contributed by atoms with Crippen molar-refractivity contribution in [2.24, 2.45) is 5.92 Å². The third kappa shape index (κ3) is 4.79. The van der Waals surface area contributed by atoms with E-state index >= 15 is 0 Å². The van der Waals surface area contributed by atoms with Gasteiger partial charge in [0.25, 0.3) is 0 Å². The molecule has 0 aliphatic carbocycles. The van der Waals surface area contributed by atoms with E-state index in [1.54, 1.807) is 11.0 Å². The van der Waals surface area contributed by atoms with Crippen LogP contribution in [0.2, 0.25) is 0 Å². The molecule has 0 radical (unpaired) electrons. The van der Waals surface area contributed by atoms with Crippen LogP contribution >= 0.6 is 11.3 Å². The molecule has 0 atom stereocenters. The third-order valence-corrected chi connectivity index (χ3v) is 5.53. The van der Waals surface area contributed by atoms with Crippen molar-refractivity contribution in [3.63, 3.8) is 0 Å². The van der Waals surface area contributed by atoms with Crippen LogP contribution in [0.25, 0.3) is 0 Å². The first-order valence-electron chi connectivity index (χ1n) is 8.84. The standard InChI is InChI=1S/C20H22N2O3S/c23-17(18-7-4-14-26-18)8-9-19(24)22-12-10-15(11-13-22)20(25)21-16-5-2-1-3-6-16/h1-7,14-15H,8-13H2,(H,21,25). The fourth-order valence-electron chi connectivity index (χ4n) is 3.10. The maximum Gasteiger partial charge on any atom is 0.227 e. The van der Waals surface area contributed by atoms with Gasteiger partial charge in [-0.2, -0.15) is 0 Å². The molecule has 3 rings (SSSR count). The van der Waals surface area contributed by atoms with Crippen molar-refractivity contribution in [2.45, 2.75) is 25.7 Å². The number of piperidine rings is 1. The van der Waals surface area contributed by atoms with Crippen molar-refractivity contribution in [3.8, 4) is 0 Å².